The number of anilines is 1. The molecule has 156 valence electrons. The molecule has 30 heavy (non-hydrogen) atoms. The number of fused-ring (bicyclic) bond motifs is 1. The van der Waals surface area contributed by atoms with Gasteiger partial charge in [0.05, 0.1) is 22.2 Å². The van der Waals surface area contributed by atoms with Crippen LogP contribution in [-0.2, 0) is 4.79 Å². The van der Waals surface area contributed by atoms with E-state index < -0.39 is 0 Å². The Bertz CT molecular complexity index is 1000. The fourth-order valence-electron chi connectivity index (χ4n) is 3.80. The maximum atomic E-state index is 13.2. The molecule has 0 unspecified atom stereocenters. The van der Waals surface area contributed by atoms with E-state index >= 15 is 0 Å². The molecule has 1 saturated heterocycles. The Morgan fingerprint density at radius 2 is 1.90 bits per heavy atom. The molecule has 2 heterocycles. The zero-order chi connectivity index (χ0) is 21.1. The Morgan fingerprint density at radius 1 is 1.17 bits per heavy atom. The van der Waals surface area contributed by atoms with Gasteiger partial charge in [0.2, 0.25) is 5.91 Å². The molecule has 0 saturated carbocycles. The van der Waals surface area contributed by atoms with Crippen LogP contribution in [0.1, 0.15) is 30.8 Å². The third-order valence-corrected chi connectivity index (χ3v) is 6.89. The molecule has 6 nitrogen and oxygen atoms in total. The van der Waals surface area contributed by atoms with E-state index in [1.807, 2.05) is 62.5 Å². The molecule has 7 heteroatoms. The normalized spacial score (nSPS) is 17.5. The number of carbonyl (C=O) groups excluding carboxylic acids is 2. The summed E-state index contributed by atoms with van der Waals surface area (Å²) in [5.74, 6) is -0.124. The molecule has 1 aliphatic heterocycles. The zero-order valence-electron chi connectivity index (χ0n) is 17.2. The number of likely N-dealkylation sites (tertiary alicyclic amines) is 1. The van der Waals surface area contributed by atoms with Gasteiger partial charge in [-0.2, -0.15) is 0 Å². The van der Waals surface area contributed by atoms with Crippen molar-refractivity contribution < 1.29 is 9.59 Å². The van der Waals surface area contributed by atoms with Gasteiger partial charge >= 0.3 is 6.03 Å². The third-order valence-electron chi connectivity index (χ3n) is 5.68. The number of piperidine rings is 1. The number of benzene rings is 2. The van der Waals surface area contributed by atoms with Crippen LogP contribution in [0.4, 0.5) is 10.5 Å². The number of amides is 3. The predicted octanol–water partition coefficient (Wildman–Crippen LogP) is 4.76. The smallest absolute Gasteiger partial charge is 0.321 e. The van der Waals surface area contributed by atoms with E-state index in [0.29, 0.717) is 13.1 Å². The minimum atomic E-state index is -0.192. The molecule has 3 aromatic rings. The second-order valence-electron chi connectivity index (χ2n) is 7.73. The van der Waals surface area contributed by atoms with Gasteiger partial charge < -0.3 is 15.1 Å². The largest absolute Gasteiger partial charge is 0.336 e. The highest BCUT2D eigenvalue weighted by atomic mass is 32.1. The van der Waals surface area contributed by atoms with Gasteiger partial charge in [0.1, 0.15) is 5.01 Å². The van der Waals surface area contributed by atoms with Crippen molar-refractivity contribution in [3.63, 3.8) is 0 Å². The van der Waals surface area contributed by atoms with Crippen LogP contribution in [0.15, 0.2) is 54.6 Å². The van der Waals surface area contributed by atoms with E-state index in [4.69, 9.17) is 4.98 Å². The van der Waals surface area contributed by atoms with Crippen molar-refractivity contribution in [2.45, 2.75) is 25.8 Å². The summed E-state index contributed by atoms with van der Waals surface area (Å²) in [4.78, 5) is 34.1. The molecule has 3 amide bonds. The Labute approximate surface area is 180 Å². The highest BCUT2D eigenvalue weighted by Crippen LogP contribution is 2.30. The van der Waals surface area contributed by atoms with Crippen molar-refractivity contribution >= 4 is 39.2 Å². The number of para-hydroxylation sites is 2. The van der Waals surface area contributed by atoms with Crippen LogP contribution in [0.25, 0.3) is 10.2 Å². The maximum absolute atomic E-state index is 13.2. The van der Waals surface area contributed by atoms with E-state index in [9.17, 15) is 9.59 Å². The molecule has 1 aromatic heterocycles. The number of nitrogens with zero attached hydrogens (tertiary/aromatic N) is 3. The summed E-state index contributed by atoms with van der Waals surface area (Å²) < 4.78 is 1.13. The molecule has 4 rings (SSSR count). The standard InChI is InChI=1S/C23H26N4O2S/c1-16(21-25-19-12-6-7-13-20(19)30-21)26(2)22(28)17-9-8-14-27(15-17)23(29)24-18-10-4-3-5-11-18/h3-7,10-13,16-17H,8-9,14-15H2,1-2H3,(H,24,29)/t16-,17+/m1/s1. The number of aromatic nitrogens is 1. The highest BCUT2D eigenvalue weighted by molar-refractivity contribution is 7.18. The van der Waals surface area contributed by atoms with Crippen LogP contribution in [-0.4, -0.2) is 46.9 Å². The van der Waals surface area contributed by atoms with Crippen molar-refractivity contribution in [3.05, 3.63) is 59.6 Å². The van der Waals surface area contributed by atoms with Crippen molar-refractivity contribution in [3.8, 4) is 0 Å². The predicted molar refractivity (Wildman–Crippen MR) is 121 cm³/mol. The summed E-state index contributed by atoms with van der Waals surface area (Å²) in [6.07, 6.45) is 1.62. The summed E-state index contributed by atoms with van der Waals surface area (Å²) >= 11 is 1.62. The lowest BCUT2D eigenvalue weighted by molar-refractivity contribution is -0.137. The average Bonchev–Trinajstić information content (AvgIpc) is 3.22. The van der Waals surface area contributed by atoms with E-state index in [-0.39, 0.29) is 23.9 Å². The van der Waals surface area contributed by atoms with E-state index in [0.717, 1.165) is 33.8 Å². The maximum Gasteiger partial charge on any atom is 0.321 e. The first-order chi connectivity index (χ1) is 14.5. The van der Waals surface area contributed by atoms with Gasteiger partial charge in [-0.3, -0.25) is 4.79 Å². The van der Waals surface area contributed by atoms with Crippen LogP contribution in [0, 0.1) is 5.92 Å². The minimum absolute atomic E-state index is 0.0685. The summed E-state index contributed by atoms with van der Waals surface area (Å²) in [6.45, 7) is 3.12. The number of carbonyl (C=O) groups is 2. The highest BCUT2D eigenvalue weighted by Gasteiger charge is 2.32. The molecule has 0 radical (unpaired) electrons. The third kappa shape index (κ3) is 4.31. The van der Waals surface area contributed by atoms with Crippen molar-refractivity contribution in [2.75, 3.05) is 25.5 Å². The van der Waals surface area contributed by atoms with Gasteiger partial charge in [0, 0.05) is 25.8 Å². The number of hydrogen-bond acceptors (Lipinski definition) is 4. The summed E-state index contributed by atoms with van der Waals surface area (Å²) in [6, 6.07) is 17.2. The van der Waals surface area contributed by atoms with E-state index in [2.05, 4.69) is 11.4 Å². The zero-order valence-corrected chi connectivity index (χ0v) is 18.1. The number of rotatable bonds is 4. The Morgan fingerprint density at radius 3 is 2.67 bits per heavy atom. The molecular weight excluding hydrogens is 396 g/mol. The number of urea groups is 1. The average molecular weight is 423 g/mol. The van der Waals surface area contributed by atoms with Gasteiger partial charge in [0.15, 0.2) is 0 Å². The first-order valence-electron chi connectivity index (χ1n) is 10.3. The lowest BCUT2D eigenvalue weighted by Gasteiger charge is -2.35. The summed E-state index contributed by atoms with van der Waals surface area (Å²) in [7, 11) is 1.84. The van der Waals surface area contributed by atoms with Crippen LogP contribution < -0.4 is 5.32 Å². The first-order valence-corrected chi connectivity index (χ1v) is 11.1. The quantitative estimate of drug-likeness (QED) is 0.659. The van der Waals surface area contributed by atoms with Crippen molar-refractivity contribution in [2.24, 2.45) is 5.92 Å². The van der Waals surface area contributed by atoms with Gasteiger partial charge in [-0.25, -0.2) is 9.78 Å². The Balaban J connectivity index is 1.41. The van der Waals surface area contributed by atoms with Gasteiger partial charge in [-0.1, -0.05) is 30.3 Å². The Kier molecular flexibility index (Phi) is 5.99. The van der Waals surface area contributed by atoms with Crippen molar-refractivity contribution in [1.82, 2.24) is 14.8 Å². The second kappa shape index (κ2) is 8.83. The van der Waals surface area contributed by atoms with Gasteiger partial charge in [0.25, 0.3) is 0 Å². The van der Waals surface area contributed by atoms with Crippen LogP contribution in [0.2, 0.25) is 0 Å². The summed E-state index contributed by atoms with van der Waals surface area (Å²) in [5.41, 5.74) is 1.73. The molecule has 1 N–H and O–H groups in total. The molecule has 0 aliphatic carbocycles. The number of hydrogen-bond donors (Lipinski definition) is 1. The molecular formula is C23H26N4O2S. The Hall–Kier alpha value is -2.93. The van der Waals surface area contributed by atoms with Crippen LogP contribution in [0.3, 0.4) is 0 Å². The second-order valence-corrected chi connectivity index (χ2v) is 8.79. The molecule has 1 aliphatic rings. The molecule has 2 aromatic carbocycles. The first kappa shape index (κ1) is 20.3. The van der Waals surface area contributed by atoms with E-state index in [1.54, 1.807) is 21.1 Å². The van der Waals surface area contributed by atoms with Crippen LogP contribution >= 0.6 is 11.3 Å². The molecule has 2 atom stereocenters. The minimum Gasteiger partial charge on any atom is -0.336 e. The monoisotopic (exact) mass is 422 g/mol. The lowest BCUT2D eigenvalue weighted by Crippen LogP contribution is -2.47. The lowest BCUT2D eigenvalue weighted by atomic mass is 9.96. The van der Waals surface area contributed by atoms with Gasteiger partial charge in [-0.05, 0) is 44.0 Å². The fraction of sp³-hybridized carbons (Fsp3) is 0.348. The fourth-order valence-corrected chi connectivity index (χ4v) is 4.86. The van der Waals surface area contributed by atoms with Crippen LogP contribution in [0.5, 0.6) is 0 Å². The number of nitrogens with one attached hydrogen (secondary N) is 1. The molecule has 0 spiro atoms. The van der Waals surface area contributed by atoms with Crippen molar-refractivity contribution in [1.29, 1.82) is 0 Å². The van der Waals surface area contributed by atoms with E-state index in [1.165, 1.54) is 0 Å². The number of thiazole rings is 1. The summed E-state index contributed by atoms with van der Waals surface area (Å²) in [5, 5.41) is 3.85. The SMILES string of the molecule is C[C@H](c1nc2ccccc2s1)N(C)C(=O)[C@H]1CCCN(C(=O)Nc2ccccc2)C1. The topological polar surface area (TPSA) is 65.5 Å². The van der Waals surface area contributed by atoms with Gasteiger partial charge in [-0.15, -0.1) is 11.3 Å². The molecule has 1 fully saturated rings. The molecule has 0 bridgehead atoms.